The molecule has 0 saturated carbocycles. The Morgan fingerprint density at radius 3 is 2.41 bits per heavy atom. The first kappa shape index (κ1) is 15.2. The Morgan fingerprint density at radius 1 is 1.18 bits per heavy atom. The van der Waals surface area contributed by atoms with Crippen LogP contribution in [0, 0.1) is 0 Å². The topological polar surface area (TPSA) is 31.0 Å². The molecule has 1 unspecified atom stereocenters. The molecule has 1 saturated heterocycles. The Kier molecular flexibility index (Phi) is 7.35. The van der Waals surface area contributed by atoms with Crippen molar-refractivity contribution < 1.29 is 13.9 Å². The molecule has 4 heteroatoms. The lowest BCUT2D eigenvalue weighted by Crippen LogP contribution is -2.37. The van der Waals surface area contributed by atoms with Crippen LogP contribution in [0.2, 0.25) is 18.1 Å². The van der Waals surface area contributed by atoms with Crippen LogP contribution in [-0.4, -0.2) is 40.8 Å². The van der Waals surface area contributed by atoms with E-state index >= 15 is 0 Å². The van der Waals surface area contributed by atoms with Crippen LogP contribution in [0.1, 0.15) is 33.6 Å². The second kappa shape index (κ2) is 8.24. The molecule has 0 aromatic heterocycles. The predicted octanol–water partition coefficient (Wildman–Crippen LogP) is 3.20. The fourth-order valence-electron chi connectivity index (χ4n) is 2.07. The summed E-state index contributed by atoms with van der Waals surface area (Å²) >= 11 is 0. The quantitative estimate of drug-likeness (QED) is 0.325. The van der Waals surface area contributed by atoms with Crippen molar-refractivity contribution >= 4 is 8.32 Å². The van der Waals surface area contributed by atoms with Gasteiger partial charge in [0.15, 0.2) is 8.32 Å². The van der Waals surface area contributed by atoms with Gasteiger partial charge in [0.25, 0.3) is 0 Å². The van der Waals surface area contributed by atoms with E-state index in [4.69, 9.17) is 13.9 Å². The van der Waals surface area contributed by atoms with Crippen molar-refractivity contribution in [2.24, 2.45) is 0 Å². The Bertz CT molecular complexity index is 191. The van der Waals surface area contributed by atoms with Gasteiger partial charge < -0.3 is 13.9 Å². The third-order valence-corrected chi connectivity index (χ3v) is 8.19. The second-order valence-corrected chi connectivity index (χ2v) is 9.44. The molecule has 1 fully saturated rings. The van der Waals surface area contributed by atoms with Crippen LogP contribution in [-0.2, 0) is 13.9 Å². The van der Waals surface area contributed by atoms with Crippen LogP contribution in [0.25, 0.3) is 0 Å². The zero-order valence-corrected chi connectivity index (χ0v) is 12.7. The Hall–Kier alpha value is 0.0969. The van der Waals surface area contributed by atoms with Crippen molar-refractivity contribution in [3.8, 4) is 0 Å². The highest BCUT2D eigenvalue weighted by atomic mass is 28.4. The highest BCUT2D eigenvalue weighted by molar-refractivity contribution is 6.73. The summed E-state index contributed by atoms with van der Waals surface area (Å²) in [6.07, 6.45) is 2.67. The minimum Gasteiger partial charge on any atom is -0.417 e. The summed E-state index contributed by atoms with van der Waals surface area (Å²) in [6, 6.07) is 3.70. The standard InChI is InChI=1S/C13H28O3Si/c1-4-8-16-17(5-2,6-3)10-7-9-14-11-13-12-15-13/h13H,4-12H2,1-3H3. The molecule has 17 heavy (non-hydrogen) atoms. The monoisotopic (exact) mass is 260 g/mol. The molecule has 1 atom stereocenters. The lowest BCUT2D eigenvalue weighted by Gasteiger charge is -2.29. The lowest BCUT2D eigenvalue weighted by molar-refractivity contribution is 0.116. The van der Waals surface area contributed by atoms with Crippen LogP contribution in [0.5, 0.6) is 0 Å². The van der Waals surface area contributed by atoms with Gasteiger partial charge in [-0.2, -0.15) is 0 Å². The van der Waals surface area contributed by atoms with Gasteiger partial charge in [-0.3, -0.25) is 0 Å². The van der Waals surface area contributed by atoms with Crippen molar-refractivity contribution in [3.63, 3.8) is 0 Å². The molecule has 0 N–H and O–H groups in total. The van der Waals surface area contributed by atoms with Gasteiger partial charge in [-0.05, 0) is 31.0 Å². The van der Waals surface area contributed by atoms with Crippen molar-refractivity contribution in [2.45, 2.75) is 57.8 Å². The number of hydrogen-bond donors (Lipinski definition) is 0. The van der Waals surface area contributed by atoms with E-state index in [1.165, 1.54) is 18.1 Å². The van der Waals surface area contributed by atoms with E-state index in [0.29, 0.717) is 6.10 Å². The molecule has 1 rings (SSSR count). The summed E-state index contributed by atoms with van der Waals surface area (Å²) in [5.41, 5.74) is 0. The van der Waals surface area contributed by atoms with E-state index in [0.717, 1.165) is 39.3 Å². The summed E-state index contributed by atoms with van der Waals surface area (Å²) in [7, 11) is -1.44. The van der Waals surface area contributed by atoms with E-state index in [1.807, 2.05) is 0 Å². The fraction of sp³-hybridized carbons (Fsp3) is 1.00. The first-order valence-electron chi connectivity index (χ1n) is 7.09. The van der Waals surface area contributed by atoms with E-state index < -0.39 is 8.32 Å². The van der Waals surface area contributed by atoms with Gasteiger partial charge in [-0.25, -0.2) is 0 Å². The SMILES string of the molecule is CCCO[Si](CC)(CC)CCCOCC1CO1. The molecule has 1 aliphatic heterocycles. The van der Waals surface area contributed by atoms with Gasteiger partial charge in [-0.15, -0.1) is 0 Å². The van der Waals surface area contributed by atoms with Gasteiger partial charge in [0.05, 0.1) is 13.2 Å². The van der Waals surface area contributed by atoms with Gasteiger partial charge >= 0.3 is 0 Å². The number of ether oxygens (including phenoxy) is 2. The molecule has 0 aromatic carbocycles. The summed E-state index contributed by atoms with van der Waals surface area (Å²) in [6.45, 7) is 10.2. The molecule has 0 spiro atoms. The summed E-state index contributed by atoms with van der Waals surface area (Å²) in [5, 5.41) is 0. The molecule has 0 aromatic rings. The maximum absolute atomic E-state index is 6.18. The van der Waals surface area contributed by atoms with Crippen LogP contribution in [0.3, 0.4) is 0 Å². The smallest absolute Gasteiger partial charge is 0.192 e. The van der Waals surface area contributed by atoms with Gasteiger partial charge in [0, 0.05) is 13.2 Å². The largest absolute Gasteiger partial charge is 0.417 e. The molecule has 1 heterocycles. The molecule has 0 radical (unpaired) electrons. The Balaban J connectivity index is 2.12. The van der Waals surface area contributed by atoms with Crippen molar-refractivity contribution in [1.82, 2.24) is 0 Å². The number of hydrogen-bond acceptors (Lipinski definition) is 3. The average Bonchev–Trinajstić information content (AvgIpc) is 3.17. The predicted molar refractivity (Wildman–Crippen MR) is 72.9 cm³/mol. The Morgan fingerprint density at radius 2 is 1.88 bits per heavy atom. The van der Waals surface area contributed by atoms with Crippen LogP contribution in [0.15, 0.2) is 0 Å². The maximum atomic E-state index is 6.18. The third-order valence-electron chi connectivity index (χ3n) is 3.53. The molecule has 3 nitrogen and oxygen atoms in total. The zero-order chi connectivity index (χ0) is 12.6. The Labute approximate surface area is 107 Å². The average molecular weight is 260 g/mol. The van der Waals surface area contributed by atoms with E-state index in [2.05, 4.69) is 20.8 Å². The summed E-state index contributed by atoms with van der Waals surface area (Å²) < 4.78 is 16.9. The first-order valence-corrected chi connectivity index (χ1v) is 9.62. The second-order valence-electron chi connectivity index (χ2n) is 4.87. The minimum absolute atomic E-state index is 0.394. The summed E-state index contributed by atoms with van der Waals surface area (Å²) in [4.78, 5) is 0. The normalized spacial score (nSPS) is 19.6. The summed E-state index contributed by atoms with van der Waals surface area (Å²) in [5.74, 6) is 0. The first-order chi connectivity index (χ1) is 8.26. The van der Waals surface area contributed by atoms with Crippen LogP contribution in [0.4, 0.5) is 0 Å². The fourth-order valence-corrected chi connectivity index (χ4v) is 5.26. The molecular formula is C13H28O3Si. The third kappa shape index (κ3) is 6.00. The van der Waals surface area contributed by atoms with Gasteiger partial charge in [0.2, 0.25) is 0 Å². The highest BCUT2D eigenvalue weighted by Gasteiger charge is 2.30. The van der Waals surface area contributed by atoms with Gasteiger partial charge in [-0.1, -0.05) is 20.8 Å². The maximum Gasteiger partial charge on any atom is 0.192 e. The van der Waals surface area contributed by atoms with E-state index in [9.17, 15) is 0 Å². The van der Waals surface area contributed by atoms with Crippen LogP contribution >= 0.6 is 0 Å². The number of epoxide rings is 1. The zero-order valence-electron chi connectivity index (χ0n) is 11.7. The minimum atomic E-state index is -1.44. The molecular weight excluding hydrogens is 232 g/mol. The van der Waals surface area contributed by atoms with Gasteiger partial charge in [0.1, 0.15) is 6.10 Å². The lowest BCUT2D eigenvalue weighted by atomic mass is 10.5. The van der Waals surface area contributed by atoms with Crippen molar-refractivity contribution in [3.05, 3.63) is 0 Å². The molecule has 0 bridgehead atoms. The van der Waals surface area contributed by atoms with E-state index in [-0.39, 0.29) is 0 Å². The molecule has 0 amide bonds. The number of rotatable bonds is 11. The highest BCUT2D eigenvalue weighted by Crippen LogP contribution is 2.24. The van der Waals surface area contributed by atoms with Crippen LogP contribution < -0.4 is 0 Å². The van der Waals surface area contributed by atoms with E-state index in [1.54, 1.807) is 0 Å². The van der Waals surface area contributed by atoms with Crippen molar-refractivity contribution in [1.29, 1.82) is 0 Å². The molecule has 1 aliphatic rings. The molecule has 0 aliphatic carbocycles. The molecule has 102 valence electrons. The van der Waals surface area contributed by atoms with Crippen molar-refractivity contribution in [2.75, 3.05) is 26.4 Å².